The van der Waals surface area contributed by atoms with Crippen molar-refractivity contribution in [2.45, 2.75) is 18.4 Å². The first-order chi connectivity index (χ1) is 9.70. The van der Waals surface area contributed by atoms with Crippen LogP contribution in [0.15, 0.2) is 30.3 Å². The zero-order valence-corrected chi connectivity index (χ0v) is 11.0. The van der Waals surface area contributed by atoms with Crippen LogP contribution in [0.5, 0.6) is 0 Å². The number of hydrogen-bond donors (Lipinski definition) is 0. The van der Waals surface area contributed by atoms with E-state index in [-0.39, 0.29) is 19.1 Å². The Morgan fingerprint density at radius 2 is 2.10 bits per heavy atom. The lowest BCUT2D eigenvalue weighted by Crippen LogP contribution is -2.58. The summed E-state index contributed by atoms with van der Waals surface area (Å²) in [5.41, 5.74) is 0.530. The van der Waals surface area contributed by atoms with Crippen molar-refractivity contribution in [2.24, 2.45) is 0 Å². The fraction of sp³-hybridized carbons (Fsp3) is 0.429. The van der Waals surface area contributed by atoms with Gasteiger partial charge in [0.15, 0.2) is 12.3 Å². The van der Waals surface area contributed by atoms with Crippen LogP contribution in [-0.4, -0.2) is 55.5 Å². The second-order valence-electron chi connectivity index (χ2n) is 4.74. The monoisotopic (exact) mass is 277 g/mol. The van der Waals surface area contributed by atoms with Crippen LogP contribution in [0.25, 0.3) is 0 Å². The van der Waals surface area contributed by atoms with Gasteiger partial charge < -0.3 is 19.1 Å². The first-order valence-electron chi connectivity index (χ1n) is 6.41. The molecule has 0 bridgehead atoms. The third-order valence-corrected chi connectivity index (χ3v) is 3.54. The minimum absolute atomic E-state index is 0.155. The van der Waals surface area contributed by atoms with Crippen LogP contribution in [0, 0.1) is 0 Å². The molecule has 1 amide bonds. The summed E-state index contributed by atoms with van der Waals surface area (Å²) in [7, 11) is 1.51. The third kappa shape index (κ3) is 2.17. The van der Waals surface area contributed by atoms with Gasteiger partial charge in [-0.3, -0.25) is 4.79 Å². The maximum absolute atomic E-state index is 12.6. The molecule has 1 aromatic rings. The number of cyclic esters (lactones) is 1. The fourth-order valence-electron chi connectivity index (χ4n) is 2.53. The number of carbonyl (C=O) groups excluding carboxylic acids is 2. The van der Waals surface area contributed by atoms with E-state index in [1.54, 1.807) is 24.3 Å². The predicted molar refractivity (Wildman–Crippen MR) is 67.9 cm³/mol. The highest BCUT2D eigenvalue weighted by atomic mass is 16.7. The van der Waals surface area contributed by atoms with Gasteiger partial charge in [0.2, 0.25) is 0 Å². The van der Waals surface area contributed by atoms with Crippen molar-refractivity contribution < 1.29 is 23.8 Å². The molecule has 2 aliphatic heterocycles. The number of esters is 1. The Morgan fingerprint density at radius 3 is 2.80 bits per heavy atom. The molecule has 0 aromatic heterocycles. The lowest BCUT2D eigenvalue weighted by atomic mass is 10.1. The van der Waals surface area contributed by atoms with Crippen molar-refractivity contribution in [3.05, 3.63) is 35.9 Å². The fourth-order valence-corrected chi connectivity index (χ4v) is 2.53. The number of methoxy groups -OCH3 is 1. The number of benzene rings is 1. The van der Waals surface area contributed by atoms with Crippen LogP contribution >= 0.6 is 0 Å². The Kier molecular flexibility index (Phi) is 3.42. The van der Waals surface area contributed by atoms with Crippen molar-refractivity contribution in [3.63, 3.8) is 0 Å². The topological polar surface area (TPSA) is 65.1 Å². The number of amides is 1. The van der Waals surface area contributed by atoms with E-state index in [4.69, 9.17) is 14.2 Å². The molecule has 2 saturated heterocycles. The molecule has 0 N–H and O–H groups in total. The number of carbonyl (C=O) groups is 2. The van der Waals surface area contributed by atoms with Gasteiger partial charge in [0, 0.05) is 12.7 Å². The molecule has 0 radical (unpaired) electrons. The first-order valence-corrected chi connectivity index (χ1v) is 6.41. The maximum Gasteiger partial charge on any atom is 0.331 e. The van der Waals surface area contributed by atoms with E-state index in [1.165, 1.54) is 12.0 Å². The Hall–Kier alpha value is -1.92. The molecule has 2 aliphatic rings. The summed E-state index contributed by atoms with van der Waals surface area (Å²) in [6.07, 6.45) is -1.01. The van der Waals surface area contributed by atoms with E-state index in [0.717, 1.165) is 0 Å². The molecule has 0 saturated carbocycles. The molecule has 106 valence electrons. The van der Waals surface area contributed by atoms with E-state index in [0.29, 0.717) is 5.56 Å². The molecule has 2 fully saturated rings. The Balaban J connectivity index is 1.88. The number of ether oxygens (including phenoxy) is 3. The molecule has 1 unspecified atom stereocenters. The molecule has 6 nitrogen and oxygen atoms in total. The van der Waals surface area contributed by atoms with Crippen LogP contribution in [0.3, 0.4) is 0 Å². The Morgan fingerprint density at radius 1 is 1.35 bits per heavy atom. The smallest absolute Gasteiger partial charge is 0.331 e. The van der Waals surface area contributed by atoms with Gasteiger partial charge in [-0.05, 0) is 12.1 Å². The van der Waals surface area contributed by atoms with E-state index >= 15 is 0 Å². The molecular formula is C14H15NO5. The Bertz CT molecular complexity index is 518. The van der Waals surface area contributed by atoms with E-state index in [1.807, 2.05) is 6.07 Å². The lowest BCUT2D eigenvalue weighted by Gasteiger charge is -2.38. The zero-order chi connectivity index (χ0) is 14.1. The standard InChI is InChI=1S/C14H15NO5/c1-18-11-7-15(12-10(20-11)8-19-14(12)17)13(16)9-5-3-2-4-6-9/h2-6,10-12H,7-8H2,1H3/t10?,11-,12+/m0/s1. The minimum atomic E-state index is -0.686. The molecule has 6 heteroatoms. The van der Waals surface area contributed by atoms with Crippen molar-refractivity contribution in [1.29, 1.82) is 0 Å². The van der Waals surface area contributed by atoms with Gasteiger partial charge >= 0.3 is 5.97 Å². The third-order valence-electron chi connectivity index (χ3n) is 3.54. The lowest BCUT2D eigenvalue weighted by molar-refractivity contribution is -0.199. The normalized spacial score (nSPS) is 28.9. The molecule has 2 heterocycles. The van der Waals surface area contributed by atoms with E-state index in [9.17, 15) is 9.59 Å². The SMILES string of the molecule is CO[C@@H]1CN(C(=O)c2ccccc2)[C@H]2C(=O)OCC2O1. The summed E-state index contributed by atoms with van der Waals surface area (Å²) in [6.45, 7) is 0.364. The van der Waals surface area contributed by atoms with Crippen molar-refractivity contribution in [1.82, 2.24) is 4.90 Å². The highest BCUT2D eigenvalue weighted by molar-refractivity contribution is 5.97. The van der Waals surface area contributed by atoms with Crippen molar-refractivity contribution in [2.75, 3.05) is 20.3 Å². The number of hydrogen-bond acceptors (Lipinski definition) is 5. The summed E-state index contributed by atoms with van der Waals surface area (Å²) < 4.78 is 15.7. The average molecular weight is 277 g/mol. The molecule has 3 rings (SSSR count). The number of rotatable bonds is 2. The van der Waals surface area contributed by atoms with Gasteiger partial charge in [0.1, 0.15) is 12.7 Å². The minimum Gasteiger partial charge on any atom is -0.461 e. The van der Waals surface area contributed by atoms with Crippen LogP contribution < -0.4 is 0 Å². The maximum atomic E-state index is 12.6. The van der Waals surface area contributed by atoms with Crippen LogP contribution in [0.2, 0.25) is 0 Å². The quantitative estimate of drug-likeness (QED) is 0.733. The number of nitrogens with zero attached hydrogens (tertiary/aromatic N) is 1. The highest BCUT2D eigenvalue weighted by Crippen LogP contribution is 2.26. The summed E-state index contributed by atoms with van der Waals surface area (Å²) in [6, 6.07) is 8.15. The van der Waals surface area contributed by atoms with Crippen molar-refractivity contribution >= 4 is 11.9 Å². The molecule has 20 heavy (non-hydrogen) atoms. The van der Waals surface area contributed by atoms with Crippen LogP contribution in [0.1, 0.15) is 10.4 Å². The number of morpholine rings is 1. The second kappa shape index (κ2) is 5.22. The Labute approximate surface area is 116 Å². The van der Waals surface area contributed by atoms with Gasteiger partial charge in [0.25, 0.3) is 5.91 Å². The van der Waals surface area contributed by atoms with E-state index < -0.39 is 24.4 Å². The van der Waals surface area contributed by atoms with Gasteiger partial charge in [-0.1, -0.05) is 18.2 Å². The molecule has 0 spiro atoms. The van der Waals surface area contributed by atoms with Gasteiger partial charge in [-0.15, -0.1) is 0 Å². The summed E-state index contributed by atoms with van der Waals surface area (Å²) in [5.74, 6) is -0.640. The van der Waals surface area contributed by atoms with E-state index in [2.05, 4.69) is 0 Å². The van der Waals surface area contributed by atoms with Gasteiger partial charge in [0.05, 0.1) is 6.54 Å². The van der Waals surface area contributed by atoms with Crippen LogP contribution in [-0.2, 0) is 19.0 Å². The predicted octanol–water partition coefficient (Wildman–Crippen LogP) is 0.425. The van der Waals surface area contributed by atoms with Gasteiger partial charge in [-0.2, -0.15) is 0 Å². The first kappa shape index (κ1) is 13.1. The van der Waals surface area contributed by atoms with Gasteiger partial charge in [-0.25, -0.2) is 4.79 Å². The summed E-state index contributed by atoms with van der Waals surface area (Å²) in [5, 5.41) is 0. The molecule has 0 aliphatic carbocycles. The molecular weight excluding hydrogens is 262 g/mol. The molecule has 1 aromatic carbocycles. The zero-order valence-electron chi connectivity index (χ0n) is 11.0. The number of fused-ring (bicyclic) bond motifs is 1. The average Bonchev–Trinajstić information content (AvgIpc) is 2.88. The highest BCUT2D eigenvalue weighted by Gasteiger charge is 2.49. The van der Waals surface area contributed by atoms with Crippen LogP contribution in [0.4, 0.5) is 0 Å². The largest absolute Gasteiger partial charge is 0.461 e. The van der Waals surface area contributed by atoms with Crippen molar-refractivity contribution in [3.8, 4) is 0 Å². The second-order valence-corrected chi connectivity index (χ2v) is 4.74. The summed E-state index contributed by atoms with van der Waals surface area (Å²) in [4.78, 5) is 25.8. The summed E-state index contributed by atoms with van der Waals surface area (Å²) >= 11 is 0. The molecule has 3 atom stereocenters.